The first-order chi connectivity index (χ1) is 4.21. The minimum absolute atomic E-state index is 0.00694. The first-order valence-corrected chi connectivity index (χ1v) is 2.74. The summed E-state index contributed by atoms with van der Waals surface area (Å²) in [5.41, 5.74) is 0. The highest BCUT2D eigenvalue weighted by Crippen LogP contribution is 2.19. The van der Waals surface area contributed by atoms with E-state index in [-0.39, 0.29) is 13.0 Å². The fourth-order valence-electron chi connectivity index (χ4n) is 0.631. The zero-order valence-corrected chi connectivity index (χ0v) is 5.32. The van der Waals surface area contributed by atoms with Gasteiger partial charge < -0.3 is 10.4 Å². The molecule has 4 heteroatoms. The average Bonchev–Trinajstić information content (AvgIpc) is 2.19. The Morgan fingerprint density at radius 2 is 2.00 bits per heavy atom. The second-order valence-electron chi connectivity index (χ2n) is 1.78. The molecular formula is C5H11F2NO. The molecule has 0 amide bonds. The first kappa shape index (κ1) is 8.78. The molecule has 0 atom stereocenters. The molecule has 0 aromatic rings. The monoisotopic (exact) mass is 139 g/mol. The predicted molar refractivity (Wildman–Crippen MR) is 30.6 cm³/mol. The van der Waals surface area contributed by atoms with Gasteiger partial charge in [0.25, 0.3) is 5.92 Å². The lowest BCUT2D eigenvalue weighted by Crippen LogP contribution is -2.18. The lowest BCUT2D eigenvalue weighted by molar-refractivity contribution is 0.0238. The summed E-state index contributed by atoms with van der Waals surface area (Å²) in [6.45, 7) is 0.333. The molecule has 1 aliphatic rings. The predicted octanol–water partition coefficient (Wildman–Crippen LogP) is 0.224. The molecule has 1 aliphatic heterocycles. The van der Waals surface area contributed by atoms with Gasteiger partial charge in [0.1, 0.15) is 0 Å². The topological polar surface area (TPSA) is 32.3 Å². The number of hydrogen-bond donors (Lipinski definition) is 2. The molecular weight excluding hydrogens is 128 g/mol. The summed E-state index contributed by atoms with van der Waals surface area (Å²) in [6.07, 6.45) is 0.00694. The highest BCUT2D eigenvalue weighted by molar-refractivity contribution is 4.77. The molecule has 0 bridgehead atoms. The van der Waals surface area contributed by atoms with Crippen LogP contribution < -0.4 is 5.32 Å². The zero-order valence-electron chi connectivity index (χ0n) is 5.32. The second-order valence-corrected chi connectivity index (χ2v) is 1.78. The van der Waals surface area contributed by atoms with Crippen molar-refractivity contribution in [1.82, 2.24) is 5.32 Å². The lowest BCUT2D eigenvalue weighted by Gasteiger charge is -2.02. The van der Waals surface area contributed by atoms with Crippen LogP contribution in [-0.2, 0) is 0 Å². The first-order valence-electron chi connectivity index (χ1n) is 2.74. The molecule has 0 saturated carbocycles. The summed E-state index contributed by atoms with van der Waals surface area (Å²) in [5, 5.41) is 9.56. The van der Waals surface area contributed by atoms with Crippen LogP contribution in [0.3, 0.4) is 0 Å². The van der Waals surface area contributed by atoms with E-state index in [1.807, 2.05) is 0 Å². The van der Waals surface area contributed by atoms with Crippen molar-refractivity contribution >= 4 is 0 Å². The van der Waals surface area contributed by atoms with E-state index in [0.29, 0.717) is 6.54 Å². The SMILES string of the molecule is CO.FC1(F)CCNC1. The lowest BCUT2D eigenvalue weighted by atomic mass is 10.3. The Balaban J connectivity index is 0.000000291. The Labute approximate surface area is 52.9 Å². The standard InChI is InChI=1S/C4H7F2N.CH4O/c5-4(6)1-2-7-3-4;1-2/h7H,1-3H2;2H,1H3. The quantitative estimate of drug-likeness (QED) is 0.503. The number of alkyl halides is 2. The molecule has 0 aromatic carbocycles. The highest BCUT2D eigenvalue weighted by atomic mass is 19.3. The Kier molecular flexibility index (Phi) is 3.65. The maximum absolute atomic E-state index is 11.9. The van der Waals surface area contributed by atoms with Crippen LogP contribution >= 0.6 is 0 Å². The van der Waals surface area contributed by atoms with Crippen LogP contribution in [0.5, 0.6) is 0 Å². The Morgan fingerprint density at radius 1 is 1.44 bits per heavy atom. The van der Waals surface area contributed by atoms with Crippen molar-refractivity contribution in [1.29, 1.82) is 0 Å². The van der Waals surface area contributed by atoms with Gasteiger partial charge in [-0.3, -0.25) is 0 Å². The van der Waals surface area contributed by atoms with Gasteiger partial charge >= 0.3 is 0 Å². The van der Waals surface area contributed by atoms with E-state index >= 15 is 0 Å². The Bertz CT molecular complexity index is 69.4. The largest absolute Gasteiger partial charge is 0.400 e. The smallest absolute Gasteiger partial charge is 0.261 e. The van der Waals surface area contributed by atoms with E-state index < -0.39 is 5.92 Å². The molecule has 0 aromatic heterocycles. The van der Waals surface area contributed by atoms with E-state index in [9.17, 15) is 8.78 Å². The molecule has 0 spiro atoms. The molecule has 0 aliphatic carbocycles. The van der Waals surface area contributed by atoms with Gasteiger partial charge in [-0.15, -0.1) is 0 Å². The third-order valence-corrected chi connectivity index (χ3v) is 1.05. The molecule has 2 nitrogen and oxygen atoms in total. The zero-order chi connectivity index (χ0) is 7.33. The van der Waals surface area contributed by atoms with Crippen molar-refractivity contribution < 1.29 is 13.9 Å². The van der Waals surface area contributed by atoms with E-state index in [4.69, 9.17) is 5.11 Å². The number of halogens is 2. The van der Waals surface area contributed by atoms with Crippen molar-refractivity contribution in [3.05, 3.63) is 0 Å². The number of hydrogen-bond acceptors (Lipinski definition) is 2. The van der Waals surface area contributed by atoms with Crippen molar-refractivity contribution in [2.75, 3.05) is 20.2 Å². The summed E-state index contributed by atoms with van der Waals surface area (Å²) in [4.78, 5) is 0. The normalized spacial score (nSPS) is 22.7. The summed E-state index contributed by atoms with van der Waals surface area (Å²) in [7, 11) is 1.00. The molecule has 0 unspecified atom stereocenters. The van der Waals surface area contributed by atoms with Gasteiger partial charge in [0.05, 0.1) is 6.54 Å². The number of aliphatic hydroxyl groups excluding tert-OH is 1. The summed E-state index contributed by atoms with van der Waals surface area (Å²) in [6, 6.07) is 0. The van der Waals surface area contributed by atoms with Gasteiger partial charge in [-0.2, -0.15) is 0 Å². The van der Waals surface area contributed by atoms with E-state index in [2.05, 4.69) is 5.32 Å². The van der Waals surface area contributed by atoms with Crippen molar-refractivity contribution in [2.24, 2.45) is 0 Å². The molecule has 1 fully saturated rings. The summed E-state index contributed by atoms with van der Waals surface area (Å²) in [5.74, 6) is -2.42. The van der Waals surface area contributed by atoms with Crippen LogP contribution in [0.15, 0.2) is 0 Å². The van der Waals surface area contributed by atoms with Crippen molar-refractivity contribution in [3.8, 4) is 0 Å². The average molecular weight is 139 g/mol. The molecule has 2 N–H and O–H groups in total. The fourth-order valence-corrected chi connectivity index (χ4v) is 0.631. The maximum atomic E-state index is 11.9. The Hall–Kier alpha value is -0.220. The van der Waals surface area contributed by atoms with Gasteiger partial charge in [-0.25, -0.2) is 8.78 Å². The Morgan fingerprint density at radius 3 is 2.11 bits per heavy atom. The molecule has 1 saturated heterocycles. The van der Waals surface area contributed by atoms with E-state index in [1.165, 1.54) is 0 Å². The van der Waals surface area contributed by atoms with Crippen LogP contribution in [0.25, 0.3) is 0 Å². The van der Waals surface area contributed by atoms with Crippen LogP contribution in [0, 0.1) is 0 Å². The van der Waals surface area contributed by atoms with Crippen LogP contribution in [-0.4, -0.2) is 31.2 Å². The summed E-state index contributed by atoms with van der Waals surface area (Å²) >= 11 is 0. The van der Waals surface area contributed by atoms with Crippen LogP contribution in [0.1, 0.15) is 6.42 Å². The van der Waals surface area contributed by atoms with Gasteiger partial charge in [0, 0.05) is 20.1 Å². The molecule has 9 heavy (non-hydrogen) atoms. The van der Waals surface area contributed by atoms with Crippen molar-refractivity contribution in [3.63, 3.8) is 0 Å². The molecule has 1 heterocycles. The van der Waals surface area contributed by atoms with Crippen LogP contribution in [0.4, 0.5) is 8.78 Å². The van der Waals surface area contributed by atoms with Crippen LogP contribution in [0.2, 0.25) is 0 Å². The van der Waals surface area contributed by atoms with Gasteiger partial charge in [-0.05, 0) is 0 Å². The fraction of sp³-hybridized carbons (Fsp3) is 1.00. The number of nitrogens with one attached hydrogen (secondary N) is 1. The van der Waals surface area contributed by atoms with Crippen molar-refractivity contribution in [2.45, 2.75) is 12.3 Å². The third kappa shape index (κ3) is 3.37. The number of rotatable bonds is 0. The summed E-state index contributed by atoms with van der Waals surface area (Å²) < 4.78 is 23.8. The van der Waals surface area contributed by atoms with E-state index in [1.54, 1.807) is 0 Å². The third-order valence-electron chi connectivity index (χ3n) is 1.05. The number of aliphatic hydroxyl groups is 1. The van der Waals surface area contributed by atoms with Gasteiger partial charge in [-0.1, -0.05) is 0 Å². The van der Waals surface area contributed by atoms with Gasteiger partial charge in [0.2, 0.25) is 0 Å². The highest BCUT2D eigenvalue weighted by Gasteiger charge is 2.32. The minimum Gasteiger partial charge on any atom is -0.400 e. The maximum Gasteiger partial charge on any atom is 0.261 e. The molecule has 56 valence electrons. The molecule has 1 rings (SSSR count). The van der Waals surface area contributed by atoms with Gasteiger partial charge in [0.15, 0.2) is 0 Å². The molecule has 0 radical (unpaired) electrons. The minimum atomic E-state index is -2.42. The van der Waals surface area contributed by atoms with E-state index in [0.717, 1.165) is 7.11 Å². The second kappa shape index (κ2) is 3.74.